The molecule has 8 heterocycles. The maximum Gasteiger partial charge on any atom is 0.415 e. The number of anilines is 5. The van der Waals surface area contributed by atoms with Crippen molar-refractivity contribution in [1.82, 2.24) is 30.2 Å². The van der Waals surface area contributed by atoms with Gasteiger partial charge in [0.2, 0.25) is 5.95 Å². The summed E-state index contributed by atoms with van der Waals surface area (Å²) in [6, 6.07) is 10.3. The lowest BCUT2D eigenvalue weighted by Crippen LogP contribution is -2.54. The lowest BCUT2D eigenvalue weighted by atomic mass is 9.73. The van der Waals surface area contributed by atoms with E-state index in [0.717, 1.165) is 73.2 Å². The van der Waals surface area contributed by atoms with Gasteiger partial charge in [-0.15, -0.1) is 0 Å². The molecule has 54 heavy (non-hydrogen) atoms. The van der Waals surface area contributed by atoms with Crippen molar-refractivity contribution in [2.24, 2.45) is 0 Å². The molecule has 5 atom stereocenters. The van der Waals surface area contributed by atoms with Crippen LogP contribution in [-0.2, 0) is 19.6 Å². The van der Waals surface area contributed by atoms with E-state index >= 15 is 0 Å². The van der Waals surface area contributed by atoms with Crippen LogP contribution in [0.2, 0.25) is 0 Å². The average molecular weight is 740 g/mol. The van der Waals surface area contributed by atoms with Gasteiger partial charge in [0.05, 0.1) is 42.8 Å². The van der Waals surface area contributed by atoms with E-state index in [1.54, 1.807) is 4.90 Å². The first-order valence-corrected chi connectivity index (χ1v) is 19.0. The predicted octanol–water partition coefficient (Wildman–Crippen LogP) is 7.56. The summed E-state index contributed by atoms with van der Waals surface area (Å²) in [5.74, 6) is 3.73. The molecule has 4 saturated heterocycles. The van der Waals surface area contributed by atoms with Gasteiger partial charge < -0.3 is 34.6 Å². The van der Waals surface area contributed by atoms with Crippen molar-refractivity contribution in [3.8, 4) is 0 Å². The molecule has 3 aromatic heterocycles. The van der Waals surface area contributed by atoms with Crippen molar-refractivity contribution >= 4 is 35.2 Å². The van der Waals surface area contributed by atoms with Gasteiger partial charge in [0, 0.05) is 56.3 Å². The highest BCUT2D eigenvalue weighted by atomic mass is 16.6. The Labute approximate surface area is 321 Å². The number of nitrogens with zero attached hydrogens (tertiary/aromatic N) is 7. The quantitative estimate of drug-likeness (QED) is 0.232. The molecule has 13 nitrogen and oxygen atoms in total. The normalized spacial score (nSPS) is 27.2. The summed E-state index contributed by atoms with van der Waals surface area (Å²) >= 11 is 0. The van der Waals surface area contributed by atoms with Crippen molar-refractivity contribution in [2.45, 2.75) is 95.9 Å². The van der Waals surface area contributed by atoms with E-state index in [9.17, 15) is 4.79 Å². The molecule has 0 spiro atoms. The Kier molecular flexibility index (Phi) is 10.4. The largest absolute Gasteiger partial charge is 0.479 e. The fraction of sp³-hybridized carbons (Fsp3) is 0.488. The molecule has 2 N–H and O–H groups in total. The van der Waals surface area contributed by atoms with Crippen LogP contribution in [0.15, 0.2) is 79.6 Å². The Morgan fingerprint density at radius 2 is 1.83 bits per heavy atom. The van der Waals surface area contributed by atoms with Crippen LogP contribution < -0.4 is 20.4 Å². The highest BCUT2D eigenvalue weighted by molar-refractivity contribution is 5.89. The Balaban J connectivity index is 0.000000344. The zero-order valence-electron chi connectivity index (χ0n) is 32.3. The van der Waals surface area contributed by atoms with Crippen LogP contribution in [0.25, 0.3) is 0 Å². The predicted molar refractivity (Wildman–Crippen MR) is 214 cm³/mol. The molecule has 0 aromatic carbocycles. The minimum Gasteiger partial charge on any atom is -0.479 e. The average Bonchev–Trinajstić information content (AvgIpc) is 3.86. The fourth-order valence-corrected chi connectivity index (χ4v) is 8.04. The lowest BCUT2D eigenvalue weighted by Gasteiger charge is -2.46. The number of carbonyl (C=O) groups excluding carboxylic acids is 1. The van der Waals surface area contributed by atoms with Crippen molar-refractivity contribution < 1.29 is 21.9 Å². The number of cyclic esters (lactones) is 1. The highest BCUT2D eigenvalue weighted by Crippen LogP contribution is 2.53. The van der Waals surface area contributed by atoms with E-state index in [4.69, 9.17) is 34.1 Å². The number of nitrogens with one attached hydrogen (secondary N) is 2. The van der Waals surface area contributed by atoms with E-state index in [1.165, 1.54) is 0 Å². The summed E-state index contributed by atoms with van der Waals surface area (Å²) in [5.41, 5.74) is 3.25. The summed E-state index contributed by atoms with van der Waals surface area (Å²) in [5, 5.41) is 6.75. The second-order valence-corrected chi connectivity index (χ2v) is 15.7. The molecule has 5 aliphatic heterocycles. The first-order chi connectivity index (χ1) is 25.9. The molecule has 4 fully saturated rings. The number of amides is 1. The van der Waals surface area contributed by atoms with Crippen LogP contribution >= 0.6 is 0 Å². The van der Waals surface area contributed by atoms with Gasteiger partial charge in [0.25, 0.3) is 0 Å². The topological polar surface area (TPSA) is 130 Å². The van der Waals surface area contributed by atoms with Gasteiger partial charge in [-0.1, -0.05) is 25.6 Å². The first-order valence-electron chi connectivity index (χ1n) is 19.0. The van der Waals surface area contributed by atoms with Crippen LogP contribution in [-0.4, -0.2) is 87.6 Å². The summed E-state index contributed by atoms with van der Waals surface area (Å²) in [4.78, 5) is 37.8. The van der Waals surface area contributed by atoms with Crippen molar-refractivity contribution in [3.05, 3.63) is 90.9 Å². The molecular weight excluding hydrogens is 683 g/mol. The second kappa shape index (κ2) is 15.0. The molecule has 3 aromatic rings. The molecule has 1 amide bonds. The van der Waals surface area contributed by atoms with Gasteiger partial charge in [-0.05, 0) is 90.9 Å². The number of hydrogen-bond donors (Lipinski definition) is 2. The van der Waals surface area contributed by atoms with E-state index in [0.29, 0.717) is 42.8 Å². The molecule has 0 radical (unpaired) electrons. The maximum absolute atomic E-state index is 12.5. The lowest BCUT2D eigenvalue weighted by molar-refractivity contribution is -0.0893. The Morgan fingerprint density at radius 1 is 1.04 bits per heavy atom. The minimum absolute atomic E-state index is 0. The third-order valence-electron chi connectivity index (χ3n) is 11.1. The van der Waals surface area contributed by atoms with E-state index in [1.807, 2.05) is 67.6 Å². The minimum atomic E-state index is -0.376. The number of allylic oxidation sites excluding steroid dienone is 2. The highest BCUT2D eigenvalue weighted by Gasteiger charge is 2.55. The zero-order valence-corrected chi connectivity index (χ0v) is 32.3. The van der Waals surface area contributed by atoms with Crippen LogP contribution in [0.4, 0.5) is 33.9 Å². The number of pyridine rings is 2. The van der Waals surface area contributed by atoms with Gasteiger partial charge >= 0.3 is 6.09 Å². The van der Waals surface area contributed by atoms with E-state index in [-0.39, 0.29) is 32.0 Å². The number of rotatable bonds is 7. The van der Waals surface area contributed by atoms with Gasteiger partial charge in [-0.25, -0.2) is 14.8 Å². The van der Waals surface area contributed by atoms with Crippen LogP contribution in [0.3, 0.4) is 0 Å². The summed E-state index contributed by atoms with van der Waals surface area (Å²) in [6.45, 7) is 24.0. The van der Waals surface area contributed by atoms with Gasteiger partial charge in [-0.2, -0.15) is 4.98 Å². The third-order valence-corrected chi connectivity index (χ3v) is 11.1. The number of fused-ring (bicyclic) bond motifs is 3. The van der Waals surface area contributed by atoms with Gasteiger partial charge in [0.1, 0.15) is 24.1 Å². The van der Waals surface area contributed by atoms with Crippen molar-refractivity contribution in [1.29, 1.82) is 0 Å². The number of ether oxygens (including phenoxy) is 3. The summed E-state index contributed by atoms with van der Waals surface area (Å²) in [6.07, 6.45) is 10.2. The molecule has 0 aliphatic carbocycles. The molecule has 290 valence electrons. The third kappa shape index (κ3) is 7.26. The molecule has 5 aliphatic rings. The second-order valence-electron chi connectivity index (χ2n) is 15.7. The van der Waals surface area contributed by atoms with E-state index in [2.05, 4.69) is 62.5 Å². The fourth-order valence-electron chi connectivity index (χ4n) is 8.04. The molecule has 8 rings (SSSR count). The molecule has 0 saturated carbocycles. The smallest absolute Gasteiger partial charge is 0.415 e. The number of hydrogen-bond acceptors (Lipinski definition) is 12. The molecule has 1 unspecified atom stereocenters. The molecule has 0 bridgehead atoms. The first kappa shape index (κ1) is 37.3. The Morgan fingerprint density at radius 3 is 2.50 bits per heavy atom. The van der Waals surface area contributed by atoms with Gasteiger partial charge in [0.15, 0.2) is 5.88 Å². The number of carbonyl (C=O) groups is 1. The van der Waals surface area contributed by atoms with Crippen LogP contribution in [0.5, 0.6) is 0 Å². The van der Waals surface area contributed by atoms with Crippen LogP contribution in [0.1, 0.15) is 80.8 Å². The monoisotopic (exact) mass is 739 g/mol. The Bertz CT molecular complexity index is 1920. The SMILES string of the molecule is C=C(/C=C\C)N1C(=C)OCC[C@@H]1C.C[C@H]1COC(=O)N1c1cccc(N2c3nc(Nc4ccc([C@H]5CCNC5)nc4)ncc3[C@]3(C)COC(C)(C)CC23)n1.[HH].[HH]. The molecule has 13 heteroatoms. The molecular formula is C41H57N9O4. The van der Waals surface area contributed by atoms with Gasteiger partial charge in [-0.3, -0.25) is 9.88 Å². The summed E-state index contributed by atoms with van der Waals surface area (Å²) < 4.78 is 17.0. The number of aromatic nitrogens is 4. The van der Waals surface area contributed by atoms with Crippen molar-refractivity contribution in [3.63, 3.8) is 0 Å². The van der Waals surface area contributed by atoms with E-state index < -0.39 is 0 Å². The Hall–Kier alpha value is -5.01. The zero-order chi connectivity index (χ0) is 38.2. The standard InChI is InChI=1S/C30H36N8O3.C11H17NO.2H2/c1-18-16-40-28(39)37(18)24-6-5-7-25(35-24)38-23-12-29(2,3)41-17-30(23,4)21-15-33-27(36-26(21)38)34-20-8-9-22(32-14-20)19-10-11-31-13-19;1-5-6-9(2)12-10(3)7-8-13-11(12)4;;/h5-9,14-15,18-19,23,31H,10-13,16-17H2,1-4H3,(H,33,34,36);5-6,10H,2,4,7-8H2,1,3H3;2*1H/b;6-5-;;/t18-,19-,23?,30-;10-;;/m00../s1. The maximum atomic E-state index is 12.5. The van der Waals surface area contributed by atoms with Crippen LogP contribution in [0, 0.1) is 0 Å². The summed E-state index contributed by atoms with van der Waals surface area (Å²) in [7, 11) is 0. The van der Waals surface area contributed by atoms with Crippen molar-refractivity contribution in [2.75, 3.05) is 48.0 Å².